The highest BCUT2D eigenvalue weighted by molar-refractivity contribution is 5.31. The van der Waals surface area contributed by atoms with Crippen molar-refractivity contribution in [3.05, 3.63) is 34.9 Å². The van der Waals surface area contributed by atoms with E-state index in [2.05, 4.69) is 52.8 Å². The first-order valence-corrected chi connectivity index (χ1v) is 6.09. The van der Waals surface area contributed by atoms with Crippen molar-refractivity contribution in [2.45, 2.75) is 53.5 Å². The van der Waals surface area contributed by atoms with Gasteiger partial charge in [-0.15, -0.1) is 0 Å². The van der Waals surface area contributed by atoms with Gasteiger partial charge in [-0.3, -0.25) is 0 Å². The van der Waals surface area contributed by atoms with Gasteiger partial charge in [-0.2, -0.15) is 0 Å². The summed E-state index contributed by atoms with van der Waals surface area (Å²) < 4.78 is 0. The van der Waals surface area contributed by atoms with Crippen LogP contribution in [0.15, 0.2) is 18.2 Å². The number of hydrogen-bond acceptors (Lipinski definition) is 1. The fraction of sp³-hybridized carbons (Fsp3) is 0.600. The van der Waals surface area contributed by atoms with Crippen molar-refractivity contribution in [2.75, 3.05) is 0 Å². The molecule has 1 rings (SSSR count). The molecule has 1 heteroatoms. The number of benzene rings is 1. The van der Waals surface area contributed by atoms with Gasteiger partial charge in [0, 0.05) is 6.04 Å². The predicted molar refractivity (Wildman–Crippen MR) is 71.7 cm³/mol. The first-order chi connectivity index (χ1) is 7.28. The second-order valence-electron chi connectivity index (χ2n) is 6.16. The third kappa shape index (κ3) is 4.36. The number of nitrogens with two attached hydrogens (primary N) is 1. The van der Waals surface area contributed by atoms with Gasteiger partial charge in [0.05, 0.1) is 0 Å². The van der Waals surface area contributed by atoms with Gasteiger partial charge in [0.25, 0.3) is 0 Å². The molecule has 0 saturated carbocycles. The molecule has 1 nitrogen and oxygen atoms in total. The Morgan fingerprint density at radius 3 is 2.38 bits per heavy atom. The maximum absolute atomic E-state index is 6.21. The van der Waals surface area contributed by atoms with Crippen LogP contribution < -0.4 is 5.73 Å². The minimum Gasteiger partial charge on any atom is -0.327 e. The van der Waals surface area contributed by atoms with E-state index >= 15 is 0 Å². The molecular formula is C15H25N. The van der Waals surface area contributed by atoms with Crippen LogP contribution in [0.3, 0.4) is 0 Å². The lowest BCUT2D eigenvalue weighted by Crippen LogP contribution is -2.28. The highest BCUT2D eigenvalue weighted by Crippen LogP contribution is 2.22. The Labute approximate surface area is 100 Å². The van der Waals surface area contributed by atoms with E-state index in [1.807, 2.05) is 0 Å². The summed E-state index contributed by atoms with van der Waals surface area (Å²) in [5.74, 6) is 0. The number of aryl methyl sites for hydroxylation is 2. The molecule has 2 N–H and O–H groups in total. The van der Waals surface area contributed by atoms with E-state index < -0.39 is 0 Å². The first kappa shape index (κ1) is 13.2. The number of rotatable bonds is 3. The summed E-state index contributed by atoms with van der Waals surface area (Å²) in [4.78, 5) is 0. The molecule has 1 unspecified atom stereocenters. The Morgan fingerprint density at radius 1 is 1.19 bits per heavy atom. The summed E-state index contributed by atoms with van der Waals surface area (Å²) >= 11 is 0. The fourth-order valence-corrected chi connectivity index (χ4v) is 2.16. The van der Waals surface area contributed by atoms with Crippen molar-refractivity contribution >= 4 is 0 Å². The maximum Gasteiger partial charge on any atom is 0.00844 e. The Hall–Kier alpha value is -0.820. The van der Waals surface area contributed by atoms with Crippen LogP contribution >= 0.6 is 0 Å². The summed E-state index contributed by atoms with van der Waals surface area (Å²) in [7, 11) is 0. The average Bonchev–Trinajstić information content (AvgIpc) is 2.08. The lowest BCUT2D eigenvalue weighted by Gasteiger charge is -2.23. The van der Waals surface area contributed by atoms with Gasteiger partial charge in [-0.05, 0) is 43.2 Å². The molecule has 0 radical (unpaired) electrons. The molecule has 0 amide bonds. The molecule has 1 aromatic carbocycles. The lowest BCUT2D eigenvalue weighted by molar-refractivity contribution is 0.338. The minimum absolute atomic E-state index is 0.264. The Balaban J connectivity index is 2.69. The van der Waals surface area contributed by atoms with Gasteiger partial charge in [0.15, 0.2) is 0 Å². The molecule has 0 aromatic heterocycles. The third-order valence-corrected chi connectivity index (χ3v) is 2.86. The molecule has 0 aliphatic carbocycles. The summed E-state index contributed by atoms with van der Waals surface area (Å²) in [5, 5.41) is 0. The van der Waals surface area contributed by atoms with Gasteiger partial charge in [0.1, 0.15) is 0 Å². The molecule has 0 bridgehead atoms. The monoisotopic (exact) mass is 219 g/mol. The van der Waals surface area contributed by atoms with Crippen molar-refractivity contribution in [1.29, 1.82) is 0 Å². The highest BCUT2D eigenvalue weighted by Gasteiger charge is 2.16. The average molecular weight is 219 g/mol. The van der Waals surface area contributed by atoms with Crippen LogP contribution in [0.4, 0.5) is 0 Å². The SMILES string of the molecule is Cc1ccc(C)c(CC(N)CC(C)(C)C)c1. The Bertz CT molecular complexity index is 347. The fourth-order valence-electron chi connectivity index (χ4n) is 2.16. The van der Waals surface area contributed by atoms with Crippen molar-refractivity contribution in [3.8, 4) is 0 Å². The second-order valence-corrected chi connectivity index (χ2v) is 6.16. The van der Waals surface area contributed by atoms with Crippen LogP contribution in [0, 0.1) is 19.3 Å². The van der Waals surface area contributed by atoms with Crippen molar-refractivity contribution < 1.29 is 0 Å². The molecule has 1 atom stereocenters. The molecule has 0 spiro atoms. The van der Waals surface area contributed by atoms with Crippen molar-refractivity contribution in [1.82, 2.24) is 0 Å². The third-order valence-electron chi connectivity index (χ3n) is 2.86. The van der Waals surface area contributed by atoms with E-state index in [-0.39, 0.29) is 6.04 Å². The van der Waals surface area contributed by atoms with Crippen molar-refractivity contribution in [2.24, 2.45) is 11.1 Å². The maximum atomic E-state index is 6.21. The molecule has 1 aromatic rings. The molecule has 0 saturated heterocycles. The number of hydrogen-bond donors (Lipinski definition) is 1. The zero-order valence-corrected chi connectivity index (χ0v) is 11.3. The smallest absolute Gasteiger partial charge is 0.00844 e. The van der Waals surface area contributed by atoms with Crippen LogP contribution in [-0.2, 0) is 6.42 Å². The van der Waals surface area contributed by atoms with E-state index in [9.17, 15) is 0 Å². The van der Waals surface area contributed by atoms with E-state index in [4.69, 9.17) is 5.73 Å². The summed E-state index contributed by atoms with van der Waals surface area (Å²) in [6.07, 6.45) is 2.06. The highest BCUT2D eigenvalue weighted by atomic mass is 14.6. The van der Waals surface area contributed by atoms with Gasteiger partial charge in [-0.1, -0.05) is 44.5 Å². The first-order valence-electron chi connectivity index (χ1n) is 6.09. The Kier molecular flexibility index (Phi) is 4.15. The molecular weight excluding hydrogens is 194 g/mol. The van der Waals surface area contributed by atoms with Crippen LogP contribution in [-0.4, -0.2) is 6.04 Å². The summed E-state index contributed by atoms with van der Waals surface area (Å²) in [6.45, 7) is 11.0. The van der Waals surface area contributed by atoms with E-state index in [1.165, 1.54) is 16.7 Å². The van der Waals surface area contributed by atoms with Crippen LogP contribution in [0.25, 0.3) is 0 Å². The van der Waals surface area contributed by atoms with Crippen LogP contribution in [0.1, 0.15) is 43.9 Å². The van der Waals surface area contributed by atoms with Gasteiger partial charge in [-0.25, -0.2) is 0 Å². The second kappa shape index (κ2) is 5.01. The molecule has 0 heterocycles. The molecule has 0 aliphatic rings. The quantitative estimate of drug-likeness (QED) is 0.825. The lowest BCUT2D eigenvalue weighted by atomic mass is 9.85. The zero-order chi connectivity index (χ0) is 12.3. The van der Waals surface area contributed by atoms with Crippen molar-refractivity contribution in [3.63, 3.8) is 0 Å². The van der Waals surface area contributed by atoms with E-state index in [0.717, 1.165) is 12.8 Å². The zero-order valence-electron chi connectivity index (χ0n) is 11.3. The van der Waals surface area contributed by atoms with E-state index in [0.29, 0.717) is 5.41 Å². The standard InChI is InChI=1S/C15H25N/c1-11-6-7-12(2)13(8-11)9-14(16)10-15(3,4)5/h6-8,14H,9-10,16H2,1-5H3. The van der Waals surface area contributed by atoms with Crippen LogP contribution in [0.2, 0.25) is 0 Å². The summed E-state index contributed by atoms with van der Waals surface area (Å²) in [6, 6.07) is 6.88. The minimum atomic E-state index is 0.264. The molecule has 0 aliphatic heterocycles. The van der Waals surface area contributed by atoms with Gasteiger partial charge >= 0.3 is 0 Å². The van der Waals surface area contributed by atoms with E-state index in [1.54, 1.807) is 0 Å². The van der Waals surface area contributed by atoms with Gasteiger partial charge in [0.2, 0.25) is 0 Å². The van der Waals surface area contributed by atoms with Gasteiger partial charge < -0.3 is 5.73 Å². The molecule has 16 heavy (non-hydrogen) atoms. The van der Waals surface area contributed by atoms with Crippen LogP contribution in [0.5, 0.6) is 0 Å². The Morgan fingerprint density at radius 2 is 1.81 bits per heavy atom. The predicted octanol–water partition coefficient (Wildman–Crippen LogP) is 3.61. The normalized spacial score (nSPS) is 13.9. The summed E-state index contributed by atoms with van der Waals surface area (Å²) in [5.41, 5.74) is 10.6. The topological polar surface area (TPSA) is 26.0 Å². The molecule has 0 fully saturated rings. The largest absolute Gasteiger partial charge is 0.327 e. The molecule has 90 valence electrons.